The summed E-state index contributed by atoms with van der Waals surface area (Å²) >= 11 is 0. The maximum absolute atomic E-state index is 6.97. The monoisotopic (exact) mass is 471 g/mol. The Kier molecular flexibility index (Phi) is 3.68. The van der Waals surface area contributed by atoms with Crippen molar-refractivity contribution in [1.82, 2.24) is 14.2 Å². The molecule has 0 saturated carbocycles. The molecule has 6 atom stereocenters. The van der Waals surface area contributed by atoms with Crippen LogP contribution in [0.4, 0.5) is 0 Å². The third-order valence-corrected chi connectivity index (χ3v) is 9.82. The van der Waals surface area contributed by atoms with Crippen molar-refractivity contribution in [3.05, 3.63) is 106 Å². The van der Waals surface area contributed by atoms with Crippen LogP contribution >= 0.6 is 0 Å². The van der Waals surface area contributed by atoms with Gasteiger partial charge in [-0.15, -0.1) is 0 Å². The van der Waals surface area contributed by atoms with Crippen molar-refractivity contribution >= 4 is 21.6 Å². The lowest BCUT2D eigenvalue weighted by molar-refractivity contribution is 0.193. The summed E-state index contributed by atoms with van der Waals surface area (Å²) in [5.74, 6) is 0. The Hall–Kier alpha value is -2.39. The topological polar surface area (TPSA) is 37.4 Å². The lowest BCUT2D eigenvalue weighted by atomic mass is 9.61. The Balaban J connectivity index is 1.15. The third kappa shape index (κ3) is 2.26. The zero-order chi connectivity index (χ0) is 23.1. The summed E-state index contributed by atoms with van der Waals surface area (Å²) in [5, 5.41) is 0. The van der Waals surface area contributed by atoms with E-state index in [1.54, 1.807) is 0 Å². The van der Waals surface area contributed by atoms with Crippen LogP contribution in [0.25, 0.3) is 0 Å². The van der Waals surface area contributed by atoms with Gasteiger partial charge in [0.05, 0.1) is 18.3 Å². The minimum absolute atomic E-state index is 0.139. The molecular formula is C27H24B3N3O3. The predicted molar refractivity (Wildman–Crippen MR) is 136 cm³/mol. The Bertz CT molecular complexity index is 1260. The molecule has 36 heavy (non-hydrogen) atoms. The van der Waals surface area contributed by atoms with Gasteiger partial charge in [-0.1, -0.05) is 72.8 Å². The first-order chi connectivity index (χ1) is 17.8. The SMILES string of the molecule is c1ccc2c(c1)C[C@H]1OB3N(B4O[C@@H]5Cc6ccccc6[C@@H]5N4B4O[C@@H]5Cc6ccccc6[C@@H]5N34)[C@@H]21. The summed E-state index contributed by atoms with van der Waals surface area (Å²) in [6.07, 6.45) is 3.29. The Morgan fingerprint density at radius 3 is 1.11 bits per heavy atom. The van der Waals surface area contributed by atoms with E-state index >= 15 is 0 Å². The average Bonchev–Trinajstić information content (AvgIpc) is 3.69. The average molecular weight is 471 g/mol. The number of rotatable bonds is 0. The first-order valence-corrected chi connectivity index (χ1v) is 13.4. The second-order valence-electron chi connectivity index (χ2n) is 11.4. The van der Waals surface area contributed by atoms with Crippen LogP contribution in [0.2, 0.25) is 0 Å². The summed E-state index contributed by atoms with van der Waals surface area (Å²) in [6.45, 7) is 0. The molecule has 0 bridgehead atoms. The highest BCUT2D eigenvalue weighted by Crippen LogP contribution is 2.57. The summed E-state index contributed by atoms with van der Waals surface area (Å²) in [4.78, 5) is 0. The quantitative estimate of drug-likeness (QED) is 0.470. The summed E-state index contributed by atoms with van der Waals surface area (Å²) < 4.78 is 28.5. The van der Waals surface area contributed by atoms with Crippen LogP contribution in [0.5, 0.6) is 0 Å². The van der Waals surface area contributed by atoms with Gasteiger partial charge < -0.3 is 14.0 Å². The van der Waals surface area contributed by atoms with Crippen molar-refractivity contribution in [3.63, 3.8) is 0 Å². The Morgan fingerprint density at radius 1 is 0.472 bits per heavy atom. The standard InChI is InChI=1S/C27H24B3N3O3/c1-4-10-19-16(7-1)13-22-25(19)31-28(34-22)32-26-20-11-5-2-9-18(20)15-24(26)36-30(32)33-27-21-12-6-3-8-17(21)14-23(27)35-29(31)33/h1-12,22-27H,13-15H2/t22-,23-,24-,25+,26+,27+/m1/s1. The van der Waals surface area contributed by atoms with Crippen LogP contribution in [-0.4, -0.2) is 54.0 Å². The van der Waals surface area contributed by atoms with E-state index in [0.29, 0.717) is 0 Å². The van der Waals surface area contributed by atoms with Crippen molar-refractivity contribution < 1.29 is 14.0 Å². The van der Waals surface area contributed by atoms with Gasteiger partial charge in [0.15, 0.2) is 0 Å². The zero-order valence-electron chi connectivity index (χ0n) is 19.8. The van der Waals surface area contributed by atoms with E-state index in [9.17, 15) is 0 Å². The van der Waals surface area contributed by atoms with Crippen molar-refractivity contribution in [1.29, 1.82) is 0 Å². The molecule has 4 fully saturated rings. The lowest BCUT2D eigenvalue weighted by Crippen LogP contribution is -2.74. The van der Waals surface area contributed by atoms with Gasteiger partial charge in [0.2, 0.25) is 0 Å². The highest BCUT2D eigenvalue weighted by atomic mass is 16.5. The zero-order valence-corrected chi connectivity index (χ0v) is 19.8. The van der Waals surface area contributed by atoms with Crippen LogP contribution in [0.3, 0.4) is 0 Å². The number of hydrogen-bond donors (Lipinski definition) is 0. The van der Waals surface area contributed by atoms with Crippen LogP contribution in [0.1, 0.15) is 51.5 Å². The third-order valence-electron chi connectivity index (χ3n) is 9.82. The number of benzene rings is 3. The fourth-order valence-electron chi connectivity index (χ4n) is 8.54. The number of nitrogens with zero attached hydrogens (tertiary/aromatic N) is 3. The van der Waals surface area contributed by atoms with Gasteiger partial charge in [-0.05, 0) is 52.6 Å². The van der Waals surface area contributed by atoms with Gasteiger partial charge in [-0.2, -0.15) is 0 Å². The van der Waals surface area contributed by atoms with E-state index in [1.807, 2.05) is 0 Å². The number of hydrogen-bond acceptors (Lipinski definition) is 6. The van der Waals surface area contributed by atoms with E-state index in [4.69, 9.17) is 14.0 Å². The van der Waals surface area contributed by atoms with Crippen molar-refractivity contribution in [2.24, 2.45) is 0 Å². The molecule has 10 rings (SSSR count). The molecule has 0 aromatic heterocycles. The minimum Gasteiger partial charge on any atom is -0.404 e. The van der Waals surface area contributed by atoms with Gasteiger partial charge in [0, 0.05) is 18.1 Å². The lowest BCUT2D eigenvalue weighted by Gasteiger charge is -2.46. The molecule has 3 aliphatic carbocycles. The second-order valence-corrected chi connectivity index (χ2v) is 11.4. The summed E-state index contributed by atoms with van der Waals surface area (Å²) in [6, 6.07) is 27.2. The molecule has 3 aromatic carbocycles. The minimum atomic E-state index is -0.158. The second kappa shape index (κ2) is 6.73. The molecule has 0 spiro atoms. The van der Waals surface area contributed by atoms with E-state index in [2.05, 4.69) is 87.0 Å². The van der Waals surface area contributed by atoms with Crippen LogP contribution in [0.15, 0.2) is 72.8 Å². The highest BCUT2D eigenvalue weighted by molar-refractivity contribution is 6.81. The molecule has 0 amide bonds. The van der Waals surface area contributed by atoms with Crippen LogP contribution in [0, 0.1) is 0 Å². The van der Waals surface area contributed by atoms with E-state index in [1.165, 1.54) is 33.4 Å². The molecule has 0 N–H and O–H groups in total. The number of fused-ring (bicyclic) bond motifs is 18. The normalized spacial score (nSPS) is 35.2. The summed E-state index contributed by atoms with van der Waals surface area (Å²) in [7, 11) is -0.473. The highest BCUT2D eigenvalue weighted by Gasteiger charge is 2.74. The van der Waals surface area contributed by atoms with E-state index < -0.39 is 0 Å². The smallest absolute Gasteiger partial charge is 0.404 e. The predicted octanol–water partition coefficient (Wildman–Crippen LogP) is 2.95. The maximum atomic E-state index is 6.97. The van der Waals surface area contributed by atoms with Crippen LogP contribution < -0.4 is 0 Å². The molecule has 4 aliphatic heterocycles. The molecule has 3 aromatic rings. The fraction of sp³-hybridized carbons (Fsp3) is 0.333. The molecule has 4 saturated heterocycles. The van der Waals surface area contributed by atoms with Gasteiger partial charge in [-0.25, -0.2) is 0 Å². The first kappa shape index (κ1) is 19.7. The molecule has 4 heterocycles. The Labute approximate surface area is 211 Å². The first-order valence-electron chi connectivity index (χ1n) is 13.4. The largest absolute Gasteiger partial charge is 0.463 e. The fourth-order valence-corrected chi connectivity index (χ4v) is 8.54. The van der Waals surface area contributed by atoms with E-state index in [0.717, 1.165) is 19.3 Å². The van der Waals surface area contributed by atoms with Gasteiger partial charge in [0.1, 0.15) is 0 Å². The van der Waals surface area contributed by atoms with Crippen molar-refractivity contribution in [2.45, 2.75) is 55.7 Å². The Morgan fingerprint density at radius 2 is 0.778 bits per heavy atom. The summed E-state index contributed by atoms with van der Waals surface area (Å²) in [5.41, 5.74) is 8.41. The molecule has 9 heteroatoms. The maximum Gasteiger partial charge on any atom is 0.463 e. The molecule has 6 nitrogen and oxygen atoms in total. The molecule has 7 aliphatic rings. The van der Waals surface area contributed by atoms with Gasteiger partial charge in [0.25, 0.3) is 0 Å². The van der Waals surface area contributed by atoms with Gasteiger partial charge >= 0.3 is 21.6 Å². The van der Waals surface area contributed by atoms with Crippen molar-refractivity contribution in [2.75, 3.05) is 0 Å². The molecule has 174 valence electrons. The molecular weight excluding hydrogens is 447 g/mol. The van der Waals surface area contributed by atoms with Gasteiger partial charge in [-0.3, -0.25) is 14.2 Å². The van der Waals surface area contributed by atoms with Crippen molar-refractivity contribution in [3.8, 4) is 0 Å². The molecule has 0 radical (unpaired) electrons. The molecule has 0 unspecified atom stereocenters. The van der Waals surface area contributed by atoms with Crippen LogP contribution in [-0.2, 0) is 33.2 Å². The van der Waals surface area contributed by atoms with E-state index in [-0.39, 0.29) is 58.0 Å².